The van der Waals surface area contributed by atoms with E-state index >= 15 is 0 Å². The van der Waals surface area contributed by atoms with Crippen molar-refractivity contribution in [1.29, 1.82) is 0 Å². The number of nitrogens with two attached hydrogens (primary N) is 1. The van der Waals surface area contributed by atoms with Gasteiger partial charge in [0.2, 0.25) is 0 Å². The SMILES string of the molecule is CCCn1cc(S(=O)(=O)Nc2cc(Cl)ccc2Cl)c(N)n1. The van der Waals surface area contributed by atoms with Gasteiger partial charge in [0.05, 0.1) is 10.7 Å². The van der Waals surface area contributed by atoms with Crippen molar-refractivity contribution in [1.82, 2.24) is 9.78 Å². The van der Waals surface area contributed by atoms with Crippen LogP contribution in [0, 0.1) is 0 Å². The summed E-state index contributed by atoms with van der Waals surface area (Å²) in [6, 6.07) is 4.50. The molecule has 3 N–H and O–H groups in total. The molecule has 1 heterocycles. The summed E-state index contributed by atoms with van der Waals surface area (Å²) in [5, 5.41) is 4.57. The quantitative estimate of drug-likeness (QED) is 0.868. The fraction of sp³-hybridized carbons (Fsp3) is 0.250. The van der Waals surface area contributed by atoms with E-state index in [1.54, 1.807) is 6.07 Å². The molecule has 0 amide bonds. The fourth-order valence-corrected chi connectivity index (χ4v) is 3.28. The third-order valence-corrected chi connectivity index (χ3v) is 4.62. The monoisotopic (exact) mass is 348 g/mol. The normalized spacial score (nSPS) is 11.6. The van der Waals surface area contributed by atoms with Crippen LogP contribution in [0.2, 0.25) is 10.0 Å². The molecule has 0 aliphatic heterocycles. The molecule has 114 valence electrons. The molecule has 0 atom stereocenters. The first-order valence-corrected chi connectivity index (χ1v) is 8.38. The van der Waals surface area contributed by atoms with E-state index in [9.17, 15) is 8.42 Å². The summed E-state index contributed by atoms with van der Waals surface area (Å²) in [5.41, 5.74) is 5.86. The third kappa shape index (κ3) is 3.61. The number of nitrogens with one attached hydrogen (secondary N) is 1. The topological polar surface area (TPSA) is 90.0 Å². The minimum absolute atomic E-state index is 0.0610. The first-order valence-electron chi connectivity index (χ1n) is 6.14. The number of nitrogens with zero attached hydrogens (tertiary/aromatic N) is 2. The van der Waals surface area contributed by atoms with Crippen LogP contribution in [0.4, 0.5) is 11.5 Å². The molecule has 2 rings (SSSR count). The van der Waals surface area contributed by atoms with Gasteiger partial charge in [0.25, 0.3) is 10.0 Å². The Bertz CT molecular complexity index is 759. The molecule has 6 nitrogen and oxygen atoms in total. The van der Waals surface area contributed by atoms with Crippen LogP contribution >= 0.6 is 23.2 Å². The van der Waals surface area contributed by atoms with Crippen LogP contribution in [0.25, 0.3) is 0 Å². The number of sulfonamides is 1. The molecule has 0 spiro atoms. The molecule has 0 radical (unpaired) electrons. The van der Waals surface area contributed by atoms with E-state index in [4.69, 9.17) is 28.9 Å². The first-order chi connectivity index (χ1) is 9.83. The Morgan fingerprint density at radius 2 is 2.10 bits per heavy atom. The Hall–Kier alpha value is -1.44. The molecule has 0 aliphatic rings. The van der Waals surface area contributed by atoms with Crippen molar-refractivity contribution in [2.24, 2.45) is 0 Å². The zero-order valence-corrected chi connectivity index (χ0v) is 13.5. The summed E-state index contributed by atoms with van der Waals surface area (Å²) in [7, 11) is -3.88. The largest absolute Gasteiger partial charge is 0.381 e. The average molecular weight is 349 g/mol. The van der Waals surface area contributed by atoms with Crippen molar-refractivity contribution in [3.05, 3.63) is 34.4 Å². The second-order valence-electron chi connectivity index (χ2n) is 4.37. The van der Waals surface area contributed by atoms with Crippen LogP contribution in [0.1, 0.15) is 13.3 Å². The number of benzene rings is 1. The Morgan fingerprint density at radius 1 is 1.38 bits per heavy atom. The lowest BCUT2D eigenvalue weighted by molar-refractivity contribution is 0.595. The lowest BCUT2D eigenvalue weighted by atomic mass is 10.3. The number of nitrogen functional groups attached to an aromatic ring is 1. The number of rotatable bonds is 5. The molecule has 0 fully saturated rings. The molecule has 0 aliphatic carbocycles. The van der Waals surface area contributed by atoms with Gasteiger partial charge in [-0.1, -0.05) is 30.1 Å². The van der Waals surface area contributed by atoms with Crippen molar-refractivity contribution in [3.8, 4) is 0 Å². The number of halogens is 2. The van der Waals surface area contributed by atoms with E-state index in [-0.39, 0.29) is 21.4 Å². The predicted octanol–water partition coefficient (Wildman–Crippen LogP) is 2.98. The minimum Gasteiger partial charge on any atom is -0.381 e. The first kappa shape index (κ1) is 15.9. The lowest BCUT2D eigenvalue weighted by Crippen LogP contribution is -2.14. The molecule has 9 heteroatoms. The maximum absolute atomic E-state index is 12.4. The van der Waals surface area contributed by atoms with Gasteiger partial charge in [-0.15, -0.1) is 0 Å². The maximum Gasteiger partial charge on any atom is 0.267 e. The summed E-state index contributed by atoms with van der Waals surface area (Å²) >= 11 is 11.8. The van der Waals surface area contributed by atoms with E-state index < -0.39 is 10.0 Å². The fourth-order valence-electron chi connectivity index (χ4n) is 1.74. The van der Waals surface area contributed by atoms with Crippen molar-refractivity contribution in [2.45, 2.75) is 24.8 Å². The minimum atomic E-state index is -3.88. The molecular formula is C12H14Cl2N4O2S. The van der Waals surface area contributed by atoms with Crippen LogP contribution in [-0.2, 0) is 16.6 Å². The molecule has 21 heavy (non-hydrogen) atoms. The second-order valence-corrected chi connectivity index (χ2v) is 6.87. The van der Waals surface area contributed by atoms with Gasteiger partial charge in [-0.2, -0.15) is 5.10 Å². The highest BCUT2D eigenvalue weighted by Crippen LogP contribution is 2.28. The van der Waals surface area contributed by atoms with Gasteiger partial charge < -0.3 is 5.73 Å². The van der Waals surface area contributed by atoms with Crippen LogP contribution in [0.15, 0.2) is 29.3 Å². The Morgan fingerprint density at radius 3 is 2.76 bits per heavy atom. The number of anilines is 2. The molecule has 0 saturated carbocycles. The third-order valence-electron chi connectivity index (χ3n) is 2.67. The standard InChI is InChI=1S/C12H14Cl2N4O2S/c1-2-5-18-7-11(12(15)16-18)21(19,20)17-10-6-8(13)3-4-9(10)14/h3-4,6-7,17H,2,5H2,1H3,(H2,15,16). The van der Waals surface area contributed by atoms with Crippen LogP contribution in [0.5, 0.6) is 0 Å². The van der Waals surface area contributed by atoms with Gasteiger partial charge in [-0.3, -0.25) is 9.40 Å². The summed E-state index contributed by atoms with van der Waals surface area (Å²) in [6.45, 7) is 2.54. The summed E-state index contributed by atoms with van der Waals surface area (Å²) in [4.78, 5) is -0.0907. The highest BCUT2D eigenvalue weighted by atomic mass is 35.5. The van der Waals surface area contributed by atoms with E-state index in [2.05, 4.69) is 9.82 Å². The molecule has 0 bridgehead atoms. The predicted molar refractivity (Wildman–Crippen MR) is 84.2 cm³/mol. The van der Waals surface area contributed by atoms with E-state index in [0.717, 1.165) is 6.42 Å². The van der Waals surface area contributed by atoms with Gasteiger partial charge in [-0.25, -0.2) is 8.42 Å². The van der Waals surface area contributed by atoms with Crippen molar-refractivity contribution < 1.29 is 8.42 Å². The second kappa shape index (κ2) is 6.13. The molecule has 1 aromatic carbocycles. The van der Waals surface area contributed by atoms with Crippen molar-refractivity contribution >= 4 is 44.7 Å². The molecule has 1 aromatic heterocycles. The number of aryl methyl sites for hydroxylation is 1. The van der Waals surface area contributed by atoms with E-state index in [0.29, 0.717) is 11.6 Å². The van der Waals surface area contributed by atoms with Gasteiger partial charge in [0.1, 0.15) is 4.90 Å². The summed E-state index contributed by atoms with van der Waals surface area (Å²) in [6.07, 6.45) is 2.20. The number of aromatic nitrogens is 2. The zero-order valence-electron chi connectivity index (χ0n) is 11.2. The number of hydrogen-bond donors (Lipinski definition) is 2. The van der Waals surface area contributed by atoms with Gasteiger partial charge in [-0.05, 0) is 24.6 Å². The van der Waals surface area contributed by atoms with Crippen LogP contribution in [0.3, 0.4) is 0 Å². The molecule has 0 unspecified atom stereocenters. The maximum atomic E-state index is 12.4. The van der Waals surface area contributed by atoms with Gasteiger partial charge >= 0.3 is 0 Å². The van der Waals surface area contributed by atoms with E-state index in [1.165, 1.54) is 23.0 Å². The van der Waals surface area contributed by atoms with Gasteiger partial charge in [0, 0.05) is 17.8 Å². The number of hydrogen-bond acceptors (Lipinski definition) is 4. The lowest BCUT2D eigenvalue weighted by Gasteiger charge is -2.08. The van der Waals surface area contributed by atoms with E-state index in [1.807, 2.05) is 6.92 Å². The van der Waals surface area contributed by atoms with Crippen molar-refractivity contribution in [3.63, 3.8) is 0 Å². The molecular weight excluding hydrogens is 335 g/mol. The Balaban J connectivity index is 2.36. The molecule has 2 aromatic rings. The Kier molecular flexibility index (Phi) is 4.65. The highest BCUT2D eigenvalue weighted by Gasteiger charge is 2.22. The summed E-state index contributed by atoms with van der Waals surface area (Å²) < 4.78 is 28.6. The van der Waals surface area contributed by atoms with Crippen LogP contribution in [-0.4, -0.2) is 18.2 Å². The zero-order chi connectivity index (χ0) is 15.6. The molecule has 0 saturated heterocycles. The Labute approximate surface area is 132 Å². The highest BCUT2D eigenvalue weighted by molar-refractivity contribution is 7.92. The van der Waals surface area contributed by atoms with Gasteiger partial charge in [0.15, 0.2) is 5.82 Å². The van der Waals surface area contributed by atoms with Crippen LogP contribution < -0.4 is 10.5 Å². The summed E-state index contributed by atoms with van der Waals surface area (Å²) in [5.74, 6) is -0.0610. The smallest absolute Gasteiger partial charge is 0.267 e. The average Bonchev–Trinajstić information content (AvgIpc) is 2.76. The van der Waals surface area contributed by atoms with Crippen molar-refractivity contribution in [2.75, 3.05) is 10.5 Å².